The second-order valence-electron chi connectivity index (χ2n) is 16.9. The fraction of sp³-hybridized carbons (Fsp3) is 0.237. The van der Waals surface area contributed by atoms with E-state index in [9.17, 15) is 0 Å². The molecule has 0 aliphatic rings. The van der Waals surface area contributed by atoms with Gasteiger partial charge in [-0.05, 0) is 134 Å². The predicted octanol–water partition coefficient (Wildman–Crippen LogP) is 17.9. The SMILES string of the molecule is CC(=NC(=C(C)C)c1ccccc1)c1ccccc1C.CCC(C)c1ccccc1-c1c(C)ccc(C)c1-c1ccc2sc3ccccc3c2c1C(C)C.Cc1ccccc1. The van der Waals surface area contributed by atoms with Gasteiger partial charge in [-0.15, -0.1) is 11.3 Å². The number of aliphatic imine (C=N–C) groups is 1. The highest BCUT2D eigenvalue weighted by Gasteiger charge is 2.23. The molecular formula is C59H63NS. The maximum atomic E-state index is 4.87. The van der Waals surface area contributed by atoms with Gasteiger partial charge in [0.25, 0.3) is 0 Å². The van der Waals surface area contributed by atoms with Crippen LogP contribution >= 0.6 is 11.3 Å². The molecule has 0 saturated carbocycles. The van der Waals surface area contributed by atoms with Crippen molar-refractivity contribution in [3.63, 3.8) is 0 Å². The van der Waals surface area contributed by atoms with E-state index < -0.39 is 0 Å². The average molecular weight is 818 g/mol. The Bertz CT molecular complexity index is 2780. The Balaban J connectivity index is 0.000000193. The lowest BCUT2D eigenvalue weighted by Crippen LogP contribution is -2.01. The Morgan fingerprint density at radius 3 is 1.72 bits per heavy atom. The van der Waals surface area contributed by atoms with E-state index >= 15 is 0 Å². The highest BCUT2D eigenvalue weighted by Crippen LogP contribution is 2.47. The van der Waals surface area contributed by atoms with Crippen molar-refractivity contribution in [3.8, 4) is 22.3 Å². The third kappa shape index (κ3) is 10.4. The van der Waals surface area contributed by atoms with Crippen molar-refractivity contribution in [2.24, 2.45) is 4.99 Å². The largest absolute Gasteiger partial charge is 0.253 e. The van der Waals surface area contributed by atoms with Crippen LogP contribution in [0.5, 0.6) is 0 Å². The molecule has 0 fully saturated rings. The van der Waals surface area contributed by atoms with Crippen LogP contribution in [-0.4, -0.2) is 5.71 Å². The normalized spacial score (nSPS) is 11.8. The first-order valence-corrected chi connectivity index (χ1v) is 22.7. The molecular weight excluding hydrogens is 755 g/mol. The van der Waals surface area contributed by atoms with Gasteiger partial charge in [-0.25, -0.2) is 0 Å². The van der Waals surface area contributed by atoms with E-state index in [4.69, 9.17) is 4.99 Å². The van der Waals surface area contributed by atoms with Gasteiger partial charge in [0.1, 0.15) is 0 Å². The van der Waals surface area contributed by atoms with Crippen molar-refractivity contribution in [2.45, 2.75) is 94.4 Å². The topological polar surface area (TPSA) is 12.4 Å². The molecule has 0 radical (unpaired) electrons. The van der Waals surface area contributed by atoms with Crippen molar-refractivity contribution in [3.05, 3.63) is 208 Å². The number of hydrogen-bond acceptors (Lipinski definition) is 2. The van der Waals surface area contributed by atoms with Gasteiger partial charge in [-0.3, -0.25) is 4.99 Å². The first-order chi connectivity index (χ1) is 29.4. The maximum Gasteiger partial charge on any atom is 0.0691 e. The maximum absolute atomic E-state index is 4.87. The van der Waals surface area contributed by atoms with Gasteiger partial charge in [0.15, 0.2) is 0 Å². The molecule has 2 heteroatoms. The second kappa shape index (κ2) is 20.6. The molecule has 1 nitrogen and oxygen atoms in total. The van der Waals surface area contributed by atoms with Crippen molar-refractivity contribution < 1.29 is 0 Å². The monoisotopic (exact) mass is 817 g/mol. The highest BCUT2D eigenvalue weighted by atomic mass is 32.1. The van der Waals surface area contributed by atoms with Crippen molar-refractivity contribution in [1.82, 2.24) is 0 Å². The lowest BCUT2D eigenvalue weighted by Gasteiger charge is -2.24. The van der Waals surface area contributed by atoms with Gasteiger partial charge >= 0.3 is 0 Å². The Kier molecular flexibility index (Phi) is 15.1. The van der Waals surface area contributed by atoms with Crippen LogP contribution in [0.2, 0.25) is 0 Å². The van der Waals surface area contributed by atoms with Crippen LogP contribution in [0.25, 0.3) is 48.1 Å². The summed E-state index contributed by atoms with van der Waals surface area (Å²) in [6.45, 7) is 24.4. The number of allylic oxidation sites excluding steroid dienone is 1. The van der Waals surface area contributed by atoms with Crippen molar-refractivity contribution in [1.29, 1.82) is 0 Å². The van der Waals surface area contributed by atoms with Crippen molar-refractivity contribution in [2.75, 3.05) is 0 Å². The van der Waals surface area contributed by atoms with E-state index in [1.807, 2.05) is 35.6 Å². The number of fused-ring (bicyclic) bond motifs is 3. The minimum Gasteiger partial charge on any atom is -0.253 e. The quantitative estimate of drug-likeness (QED) is 0.135. The van der Waals surface area contributed by atoms with E-state index in [0.717, 1.165) is 17.8 Å². The van der Waals surface area contributed by atoms with Crippen LogP contribution in [0, 0.1) is 27.7 Å². The van der Waals surface area contributed by atoms with E-state index in [0.29, 0.717) is 11.8 Å². The van der Waals surface area contributed by atoms with Crippen LogP contribution in [-0.2, 0) is 0 Å². The van der Waals surface area contributed by atoms with Crippen LogP contribution in [0.4, 0.5) is 0 Å². The Morgan fingerprint density at radius 1 is 0.541 bits per heavy atom. The molecule has 7 aromatic carbocycles. The minimum absolute atomic E-state index is 0.425. The summed E-state index contributed by atoms with van der Waals surface area (Å²) < 4.78 is 2.76. The van der Waals surface area contributed by atoms with Crippen LogP contribution in [0.1, 0.15) is 111 Å². The van der Waals surface area contributed by atoms with Gasteiger partial charge in [-0.1, -0.05) is 184 Å². The summed E-state index contributed by atoms with van der Waals surface area (Å²) in [5.74, 6) is 0.950. The van der Waals surface area contributed by atoms with Gasteiger partial charge in [0, 0.05) is 31.4 Å². The fourth-order valence-corrected chi connectivity index (χ4v) is 9.46. The number of rotatable bonds is 8. The first-order valence-electron chi connectivity index (χ1n) is 21.9. The molecule has 310 valence electrons. The molecule has 0 saturated heterocycles. The average Bonchev–Trinajstić information content (AvgIpc) is 3.65. The summed E-state index contributed by atoms with van der Waals surface area (Å²) in [6, 6.07) is 56.3. The van der Waals surface area contributed by atoms with Crippen LogP contribution in [0.15, 0.2) is 168 Å². The number of thiophene rings is 1. The van der Waals surface area contributed by atoms with Crippen LogP contribution < -0.4 is 0 Å². The molecule has 0 amide bonds. The molecule has 0 aliphatic carbocycles. The molecule has 0 spiro atoms. The number of nitrogens with zero attached hydrogens (tertiary/aromatic N) is 1. The molecule has 61 heavy (non-hydrogen) atoms. The zero-order valence-electron chi connectivity index (χ0n) is 38.2. The van der Waals surface area contributed by atoms with Gasteiger partial charge in [0.05, 0.1) is 5.70 Å². The third-order valence-corrected chi connectivity index (χ3v) is 12.8. The number of aryl methyl sites for hydroxylation is 4. The molecule has 1 heterocycles. The van der Waals surface area contributed by atoms with Gasteiger partial charge in [-0.2, -0.15) is 0 Å². The summed E-state index contributed by atoms with van der Waals surface area (Å²) in [4.78, 5) is 4.87. The van der Waals surface area contributed by atoms with E-state index in [-0.39, 0.29) is 0 Å². The Hall–Kier alpha value is -5.83. The summed E-state index contributed by atoms with van der Waals surface area (Å²) >= 11 is 1.91. The Labute approximate surface area is 370 Å². The summed E-state index contributed by atoms with van der Waals surface area (Å²) in [7, 11) is 0. The number of benzene rings is 7. The highest BCUT2D eigenvalue weighted by molar-refractivity contribution is 7.25. The molecule has 0 aliphatic heterocycles. The second-order valence-corrected chi connectivity index (χ2v) is 18.0. The zero-order chi connectivity index (χ0) is 43.6. The molecule has 1 unspecified atom stereocenters. The van der Waals surface area contributed by atoms with E-state index in [2.05, 4.69) is 210 Å². The lowest BCUT2D eigenvalue weighted by atomic mass is 9.80. The smallest absolute Gasteiger partial charge is 0.0691 e. The minimum atomic E-state index is 0.425. The van der Waals surface area contributed by atoms with Gasteiger partial charge < -0.3 is 0 Å². The van der Waals surface area contributed by atoms with Gasteiger partial charge in [0.2, 0.25) is 0 Å². The summed E-state index contributed by atoms with van der Waals surface area (Å²) in [5, 5.41) is 2.83. The summed E-state index contributed by atoms with van der Waals surface area (Å²) in [6.07, 6.45) is 1.14. The van der Waals surface area contributed by atoms with Crippen molar-refractivity contribution >= 4 is 42.9 Å². The first kappa shape index (κ1) is 44.7. The van der Waals surface area contributed by atoms with E-state index in [1.54, 1.807) is 0 Å². The van der Waals surface area contributed by atoms with E-state index in [1.165, 1.54) is 92.5 Å². The lowest BCUT2D eigenvalue weighted by molar-refractivity contribution is 0.735. The van der Waals surface area contributed by atoms with Crippen LogP contribution in [0.3, 0.4) is 0 Å². The third-order valence-electron chi connectivity index (χ3n) is 11.7. The standard InChI is InChI=1S/C33H34S.C19H21N.C7H8/c1-7-21(4)24-12-8-9-13-25(24)31-22(5)16-17-23(6)32(31)27-18-19-29-33(30(27)20(2)3)26-14-10-11-15-28(26)34-29;1-14(2)19(17-11-6-5-7-12-17)20-16(4)18-13-9-8-10-15(18)3;1-7-5-3-2-4-6-7/h8-21H,7H2,1-6H3;5-13H,1-4H3;2-6H,1H3. The molecule has 8 aromatic rings. The molecule has 8 rings (SSSR count). The predicted molar refractivity (Wildman–Crippen MR) is 272 cm³/mol. The number of hydrogen-bond donors (Lipinski definition) is 0. The Morgan fingerprint density at radius 2 is 1.11 bits per heavy atom. The fourth-order valence-electron chi connectivity index (χ4n) is 8.34. The molecule has 0 N–H and O–H groups in total. The summed E-state index contributed by atoms with van der Waals surface area (Å²) in [5.41, 5.74) is 19.5. The zero-order valence-corrected chi connectivity index (χ0v) is 39.0. The molecule has 1 atom stereocenters. The molecule has 0 bridgehead atoms. The molecule has 1 aromatic heterocycles.